The minimum atomic E-state index is -0.912. The van der Waals surface area contributed by atoms with E-state index in [4.69, 9.17) is 4.74 Å². The van der Waals surface area contributed by atoms with Crippen LogP contribution in [-0.4, -0.2) is 59.8 Å². The first-order valence-electron chi connectivity index (χ1n) is 5.05. The van der Waals surface area contributed by atoms with Crippen LogP contribution in [0.3, 0.4) is 0 Å². The van der Waals surface area contributed by atoms with Crippen LogP contribution in [0.4, 0.5) is 0 Å². The Morgan fingerprint density at radius 1 is 1.73 bits per heavy atom. The molecule has 0 aromatic heterocycles. The largest absolute Gasteiger partial charge is 0.480 e. The van der Waals surface area contributed by atoms with Gasteiger partial charge in [0, 0.05) is 18.9 Å². The highest BCUT2D eigenvalue weighted by molar-refractivity contribution is 7.99. The van der Waals surface area contributed by atoms with Crippen molar-refractivity contribution < 1.29 is 14.6 Å². The number of rotatable bonds is 5. The average Bonchev–Trinajstić information content (AvgIpc) is 2.69. The number of methoxy groups -OCH3 is 1. The minimum absolute atomic E-state index is 0.222. The Balaban J connectivity index is 2.73. The van der Waals surface area contributed by atoms with Crippen LogP contribution >= 0.6 is 11.8 Å². The number of nitrogens with zero attached hydrogens (tertiary/aromatic N) is 1. The first-order chi connectivity index (χ1) is 7.02. The smallest absolute Gasteiger partial charge is 0.326 e. The molecule has 5 heteroatoms. The van der Waals surface area contributed by atoms with Gasteiger partial charge in [0.25, 0.3) is 0 Å². The van der Waals surface area contributed by atoms with Crippen molar-refractivity contribution >= 4 is 17.7 Å². The van der Waals surface area contributed by atoms with E-state index in [0.29, 0.717) is 6.04 Å². The van der Waals surface area contributed by atoms with Crippen molar-refractivity contribution in [3.8, 4) is 0 Å². The highest BCUT2D eigenvalue weighted by Crippen LogP contribution is 2.27. The number of hydrogen-bond acceptors (Lipinski definition) is 4. The minimum Gasteiger partial charge on any atom is -0.480 e. The molecule has 1 aliphatic rings. The quantitative estimate of drug-likeness (QED) is 0.765. The second-order valence-electron chi connectivity index (χ2n) is 4.14. The topological polar surface area (TPSA) is 49.8 Å². The lowest BCUT2D eigenvalue weighted by Gasteiger charge is -2.38. The first kappa shape index (κ1) is 12.8. The van der Waals surface area contributed by atoms with Gasteiger partial charge in [0.1, 0.15) is 5.54 Å². The standard InChI is InChI=1S/C10H19NO3S/c1-10(7-14-3,9(12)13)11(2)8-4-5-15-6-8/h8H,4-7H2,1-3H3,(H,12,13). The van der Waals surface area contributed by atoms with E-state index in [1.165, 1.54) is 0 Å². The number of thioether (sulfide) groups is 1. The summed E-state index contributed by atoms with van der Waals surface area (Å²) < 4.78 is 5.02. The van der Waals surface area contributed by atoms with Crippen LogP contribution in [0.5, 0.6) is 0 Å². The zero-order valence-electron chi connectivity index (χ0n) is 9.52. The van der Waals surface area contributed by atoms with E-state index in [1.807, 2.05) is 23.7 Å². The predicted octanol–water partition coefficient (Wildman–Crippen LogP) is 0.913. The molecule has 1 aliphatic heterocycles. The van der Waals surface area contributed by atoms with E-state index in [9.17, 15) is 9.90 Å². The van der Waals surface area contributed by atoms with Crippen LogP contribution in [-0.2, 0) is 9.53 Å². The molecule has 0 amide bonds. The van der Waals surface area contributed by atoms with Crippen molar-refractivity contribution in [2.75, 3.05) is 32.3 Å². The highest BCUT2D eigenvalue weighted by atomic mass is 32.2. The summed E-state index contributed by atoms with van der Waals surface area (Å²) in [5.41, 5.74) is -0.912. The lowest BCUT2D eigenvalue weighted by atomic mass is 9.99. The molecule has 1 heterocycles. The van der Waals surface area contributed by atoms with Gasteiger partial charge in [-0.1, -0.05) is 0 Å². The second-order valence-corrected chi connectivity index (χ2v) is 5.29. The molecule has 2 unspecified atom stereocenters. The Hall–Kier alpha value is -0.260. The van der Waals surface area contributed by atoms with Gasteiger partial charge in [0.15, 0.2) is 0 Å². The summed E-state index contributed by atoms with van der Waals surface area (Å²) in [6, 6.07) is 0.353. The molecule has 1 N–H and O–H groups in total. The summed E-state index contributed by atoms with van der Waals surface area (Å²) in [5, 5.41) is 9.27. The van der Waals surface area contributed by atoms with Gasteiger partial charge in [-0.25, -0.2) is 0 Å². The molecule has 1 fully saturated rings. The fourth-order valence-corrected chi connectivity index (χ4v) is 3.09. The molecule has 4 nitrogen and oxygen atoms in total. The van der Waals surface area contributed by atoms with Crippen LogP contribution in [0.15, 0.2) is 0 Å². The van der Waals surface area contributed by atoms with E-state index in [-0.39, 0.29) is 6.61 Å². The maximum absolute atomic E-state index is 11.3. The summed E-state index contributed by atoms with van der Waals surface area (Å²) in [6.45, 7) is 1.95. The van der Waals surface area contributed by atoms with Gasteiger partial charge >= 0.3 is 5.97 Å². The van der Waals surface area contributed by atoms with E-state index < -0.39 is 11.5 Å². The zero-order chi connectivity index (χ0) is 11.5. The Kier molecular flexibility index (Phi) is 4.43. The molecule has 0 radical (unpaired) electrons. The van der Waals surface area contributed by atoms with Crippen LogP contribution in [0.1, 0.15) is 13.3 Å². The number of likely N-dealkylation sites (N-methyl/N-ethyl adjacent to an activating group) is 1. The van der Waals surface area contributed by atoms with Gasteiger partial charge in [-0.05, 0) is 26.1 Å². The lowest BCUT2D eigenvalue weighted by molar-refractivity contribution is -0.154. The van der Waals surface area contributed by atoms with Gasteiger partial charge < -0.3 is 9.84 Å². The molecular weight excluding hydrogens is 214 g/mol. The van der Waals surface area contributed by atoms with Crippen molar-refractivity contribution in [3.05, 3.63) is 0 Å². The van der Waals surface area contributed by atoms with Crippen molar-refractivity contribution in [1.82, 2.24) is 4.90 Å². The molecule has 88 valence electrons. The molecule has 1 rings (SSSR count). The molecular formula is C10H19NO3S. The first-order valence-corrected chi connectivity index (χ1v) is 6.21. The third-order valence-electron chi connectivity index (χ3n) is 3.12. The Bertz CT molecular complexity index is 231. The number of hydrogen-bond donors (Lipinski definition) is 1. The van der Waals surface area contributed by atoms with Crippen molar-refractivity contribution in [2.45, 2.75) is 24.9 Å². The van der Waals surface area contributed by atoms with Crippen LogP contribution in [0.2, 0.25) is 0 Å². The fourth-order valence-electron chi connectivity index (χ4n) is 1.83. The summed E-state index contributed by atoms with van der Waals surface area (Å²) in [5.74, 6) is 1.32. The van der Waals surface area contributed by atoms with Crippen LogP contribution in [0, 0.1) is 0 Å². The maximum atomic E-state index is 11.3. The normalized spacial score (nSPS) is 25.5. The zero-order valence-corrected chi connectivity index (χ0v) is 10.3. The second kappa shape index (κ2) is 5.18. The van der Waals surface area contributed by atoms with Gasteiger partial charge in [-0.15, -0.1) is 0 Å². The summed E-state index contributed by atoms with van der Waals surface area (Å²) in [7, 11) is 3.42. The molecule has 2 atom stereocenters. The fraction of sp³-hybridized carbons (Fsp3) is 0.900. The molecule has 15 heavy (non-hydrogen) atoms. The van der Waals surface area contributed by atoms with E-state index in [1.54, 1.807) is 14.0 Å². The van der Waals surface area contributed by atoms with Gasteiger partial charge in [0.05, 0.1) is 6.61 Å². The van der Waals surface area contributed by atoms with Crippen molar-refractivity contribution in [1.29, 1.82) is 0 Å². The number of ether oxygens (including phenoxy) is 1. The van der Waals surface area contributed by atoms with E-state index >= 15 is 0 Å². The molecule has 0 aliphatic carbocycles. The number of carboxylic acid groups (broad SMARTS) is 1. The molecule has 0 saturated carbocycles. The third-order valence-corrected chi connectivity index (χ3v) is 4.26. The van der Waals surface area contributed by atoms with Gasteiger partial charge in [0.2, 0.25) is 0 Å². The van der Waals surface area contributed by atoms with E-state index in [2.05, 4.69) is 0 Å². The van der Waals surface area contributed by atoms with Crippen LogP contribution < -0.4 is 0 Å². The Morgan fingerprint density at radius 3 is 2.80 bits per heavy atom. The van der Waals surface area contributed by atoms with Crippen molar-refractivity contribution in [3.63, 3.8) is 0 Å². The molecule has 0 spiro atoms. The third kappa shape index (κ3) is 2.65. The van der Waals surface area contributed by atoms with E-state index in [0.717, 1.165) is 17.9 Å². The average molecular weight is 233 g/mol. The SMILES string of the molecule is COCC(C)(C(=O)O)N(C)C1CCSC1. The Labute approximate surface area is 95.0 Å². The van der Waals surface area contributed by atoms with Gasteiger partial charge in [-0.3, -0.25) is 9.69 Å². The van der Waals surface area contributed by atoms with Crippen LogP contribution in [0.25, 0.3) is 0 Å². The monoisotopic (exact) mass is 233 g/mol. The number of carboxylic acids is 1. The molecule has 0 aromatic carbocycles. The maximum Gasteiger partial charge on any atom is 0.326 e. The number of carbonyl (C=O) groups is 1. The summed E-state index contributed by atoms with van der Waals surface area (Å²) in [4.78, 5) is 13.2. The van der Waals surface area contributed by atoms with Gasteiger partial charge in [-0.2, -0.15) is 11.8 Å². The molecule has 0 bridgehead atoms. The highest BCUT2D eigenvalue weighted by Gasteiger charge is 2.41. The lowest BCUT2D eigenvalue weighted by Crippen LogP contribution is -2.57. The number of aliphatic carboxylic acids is 1. The van der Waals surface area contributed by atoms with Crippen molar-refractivity contribution in [2.24, 2.45) is 0 Å². The molecule has 1 saturated heterocycles. The summed E-state index contributed by atoms with van der Waals surface area (Å²) >= 11 is 1.88. The molecule has 0 aromatic rings. The Morgan fingerprint density at radius 2 is 2.40 bits per heavy atom. The summed E-state index contributed by atoms with van der Waals surface area (Å²) in [6.07, 6.45) is 1.06. The predicted molar refractivity (Wildman–Crippen MR) is 61.4 cm³/mol.